The zero-order chi connectivity index (χ0) is 19.0. The number of thioether (sulfide) groups is 1. The summed E-state index contributed by atoms with van der Waals surface area (Å²) in [6.45, 7) is 3.68. The standard InChI is InChI=1S/C14H14S2.C9H10OS/c1-3-7-13(8-4-1)11-15-16-12-14-9-5-2-6-10-14;1-2-5-8-6-3-4-7-9(8,10)11-8/h1-10H,11-12H2;2-4,6-7,10H,1,5H2. The quantitative estimate of drug-likeness (QED) is 0.238. The molecule has 1 nitrogen and oxygen atoms in total. The van der Waals surface area contributed by atoms with Gasteiger partial charge >= 0.3 is 0 Å². The molecule has 0 spiro atoms. The van der Waals surface area contributed by atoms with Crippen LogP contribution in [0.5, 0.6) is 0 Å². The van der Waals surface area contributed by atoms with Crippen LogP contribution in [0.1, 0.15) is 17.5 Å². The van der Waals surface area contributed by atoms with Crippen molar-refractivity contribution in [2.75, 3.05) is 0 Å². The fraction of sp³-hybridized carbons (Fsp3) is 0.217. The van der Waals surface area contributed by atoms with E-state index < -0.39 is 4.93 Å². The van der Waals surface area contributed by atoms with Crippen molar-refractivity contribution >= 4 is 33.3 Å². The molecule has 1 fully saturated rings. The third-order valence-corrected chi connectivity index (χ3v) is 8.23. The van der Waals surface area contributed by atoms with Crippen molar-refractivity contribution in [3.8, 4) is 0 Å². The highest BCUT2D eigenvalue weighted by Gasteiger charge is 2.65. The number of hydrogen-bond donors (Lipinski definition) is 1. The predicted molar refractivity (Wildman–Crippen MR) is 124 cm³/mol. The number of aliphatic hydroxyl groups is 1. The van der Waals surface area contributed by atoms with Crippen LogP contribution in [0, 0.1) is 0 Å². The first-order valence-corrected chi connectivity index (χ1v) is 12.2. The van der Waals surface area contributed by atoms with Gasteiger partial charge in [0.05, 0.1) is 4.75 Å². The zero-order valence-electron chi connectivity index (χ0n) is 15.2. The summed E-state index contributed by atoms with van der Waals surface area (Å²) in [6.07, 6.45) is 10.5. The van der Waals surface area contributed by atoms with Gasteiger partial charge in [0.1, 0.15) is 4.93 Å². The molecular formula is C23H24OS3. The second-order valence-corrected chi connectivity index (χ2v) is 10.4. The summed E-state index contributed by atoms with van der Waals surface area (Å²) in [5.41, 5.74) is 2.79. The average molecular weight is 413 g/mol. The van der Waals surface area contributed by atoms with Crippen LogP contribution in [0.15, 0.2) is 97.6 Å². The summed E-state index contributed by atoms with van der Waals surface area (Å²) >= 11 is 1.58. The predicted octanol–water partition coefficient (Wildman–Crippen LogP) is 6.63. The lowest BCUT2D eigenvalue weighted by atomic mass is 9.95. The first kappa shape index (κ1) is 20.4. The van der Waals surface area contributed by atoms with Crippen LogP contribution in [0.4, 0.5) is 0 Å². The first-order valence-electron chi connectivity index (χ1n) is 8.90. The molecule has 2 unspecified atom stereocenters. The number of allylic oxidation sites excluding steroid dienone is 3. The maximum absolute atomic E-state index is 9.81. The number of hydrogen-bond acceptors (Lipinski definition) is 4. The van der Waals surface area contributed by atoms with Crippen molar-refractivity contribution < 1.29 is 5.11 Å². The molecule has 1 saturated heterocycles. The fourth-order valence-electron chi connectivity index (χ4n) is 2.82. The molecule has 4 rings (SSSR count). The van der Waals surface area contributed by atoms with E-state index in [9.17, 15) is 5.11 Å². The van der Waals surface area contributed by atoms with Gasteiger partial charge < -0.3 is 5.11 Å². The van der Waals surface area contributed by atoms with Gasteiger partial charge in [-0.15, -0.1) is 18.3 Å². The first-order chi connectivity index (χ1) is 13.2. The van der Waals surface area contributed by atoms with Gasteiger partial charge in [-0.2, -0.15) is 0 Å². The molecule has 0 radical (unpaired) electrons. The van der Waals surface area contributed by atoms with Crippen molar-refractivity contribution in [2.24, 2.45) is 0 Å². The normalized spacial score (nSPS) is 24.5. The topological polar surface area (TPSA) is 20.2 Å². The van der Waals surface area contributed by atoms with E-state index in [-0.39, 0.29) is 4.75 Å². The van der Waals surface area contributed by atoms with E-state index in [1.807, 2.05) is 45.9 Å². The van der Waals surface area contributed by atoms with Crippen LogP contribution in [0.3, 0.4) is 0 Å². The highest BCUT2D eigenvalue weighted by Crippen LogP contribution is 2.66. The Labute approximate surface area is 174 Å². The molecule has 0 amide bonds. The Morgan fingerprint density at radius 1 is 0.852 bits per heavy atom. The molecule has 0 aromatic heterocycles. The van der Waals surface area contributed by atoms with Crippen molar-refractivity contribution in [1.29, 1.82) is 0 Å². The Balaban J connectivity index is 0.000000166. The number of rotatable bonds is 7. The molecule has 2 atom stereocenters. The van der Waals surface area contributed by atoms with Gasteiger partial charge in [0.25, 0.3) is 0 Å². The Kier molecular flexibility index (Phi) is 7.36. The molecule has 1 aliphatic heterocycles. The highest BCUT2D eigenvalue weighted by atomic mass is 33.1. The molecule has 4 heteroatoms. The van der Waals surface area contributed by atoms with Gasteiger partial charge in [-0.1, -0.05) is 107 Å². The zero-order valence-corrected chi connectivity index (χ0v) is 17.6. The third kappa shape index (κ3) is 5.58. The maximum atomic E-state index is 9.81. The number of benzene rings is 2. The summed E-state index contributed by atoms with van der Waals surface area (Å²) < 4.78 is -0.0799. The van der Waals surface area contributed by atoms with Crippen LogP contribution in [0.25, 0.3) is 0 Å². The van der Waals surface area contributed by atoms with E-state index in [0.717, 1.165) is 17.9 Å². The van der Waals surface area contributed by atoms with Crippen LogP contribution in [-0.2, 0) is 11.5 Å². The molecule has 2 aromatic carbocycles. The summed E-state index contributed by atoms with van der Waals surface area (Å²) in [5.74, 6) is 2.16. The van der Waals surface area contributed by atoms with E-state index >= 15 is 0 Å². The summed E-state index contributed by atoms with van der Waals surface area (Å²) in [6, 6.07) is 21.2. The van der Waals surface area contributed by atoms with Crippen molar-refractivity contribution in [3.05, 3.63) is 109 Å². The van der Waals surface area contributed by atoms with Gasteiger partial charge in [-0.3, -0.25) is 0 Å². The van der Waals surface area contributed by atoms with Gasteiger partial charge in [-0.05, 0) is 23.6 Å². The molecule has 0 bridgehead atoms. The number of fused-ring (bicyclic) bond motifs is 1. The molecule has 140 valence electrons. The highest BCUT2D eigenvalue weighted by molar-refractivity contribution is 8.76. The molecule has 1 aliphatic carbocycles. The Morgan fingerprint density at radius 3 is 1.85 bits per heavy atom. The summed E-state index contributed by atoms with van der Waals surface area (Å²) in [7, 11) is 3.84. The average Bonchev–Trinajstić information content (AvgIpc) is 3.33. The lowest BCUT2D eigenvalue weighted by Crippen LogP contribution is -2.22. The minimum Gasteiger partial charge on any atom is -0.374 e. The van der Waals surface area contributed by atoms with Crippen LogP contribution in [0.2, 0.25) is 0 Å². The lowest BCUT2D eigenvalue weighted by Gasteiger charge is -2.12. The van der Waals surface area contributed by atoms with E-state index in [1.54, 1.807) is 11.8 Å². The third-order valence-electron chi connectivity index (χ3n) is 4.37. The van der Waals surface area contributed by atoms with Gasteiger partial charge in [0, 0.05) is 11.5 Å². The Hall–Kier alpha value is -1.33. The molecule has 1 N–H and O–H groups in total. The molecule has 2 aromatic rings. The van der Waals surface area contributed by atoms with Gasteiger partial charge in [0.15, 0.2) is 0 Å². The largest absolute Gasteiger partial charge is 0.374 e. The van der Waals surface area contributed by atoms with E-state index in [1.165, 1.54) is 11.1 Å². The smallest absolute Gasteiger partial charge is 0.149 e. The van der Waals surface area contributed by atoms with Crippen LogP contribution < -0.4 is 0 Å². The van der Waals surface area contributed by atoms with Crippen molar-refractivity contribution in [1.82, 2.24) is 0 Å². The monoisotopic (exact) mass is 412 g/mol. The van der Waals surface area contributed by atoms with E-state index in [4.69, 9.17) is 0 Å². The lowest BCUT2D eigenvalue weighted by molar-refractivity contribution is 0.199. The maximum Gasteiger partial charge on any atom is 0.149 e. The van der Waals surface area contributed by atoms with E-state index in [0.29, 0.717) is 0 Å². The minimum atomic E-state index is -0.629. The van der Waals surface area contributed by atoms with Gasteiger partial charge in [0.2, 0.25) is 0 Å². The molecule has 27 heavy (non-hydrogen) atoms. The summed E-state index contributed by atoms with van der Waals surface area (Å²) in [5, 5.41) is 9.81. The second-order valence-electron chi connectivity index (χ2n) is 6.39. The van der Waals surface area contributed by atoms with Crippen LogP contribution in [-0.4, -0.2) is 14.8 Å². The van der Waals surface area contributed by atoms with Crippen molar-refractivity contribution in [3.63, 3.8) is 0 Å². The Morgan fingerprint density at radius 2 is 1.37 bits per heavy atom. The SMILES string of the molecule is C=CCC12C=CC=CC1(O)S2.c1ccc(CSSCc2ccccc2)cc1. The summed E-state index contributed by atoms with van der Waals surface area (Å²) in [4.78, 5) is -0.629. The van der Waals surface area contributed by atoms with Crippen molar-refractivity contribution in [2.45, 2.75) is 27.6 Å². The minimum absolute atomic E-state index is 0.0799. The fourth-order valence-corrected chi connectivity index (χ4v) is 6.17. The van der Waals surface area contributed by atoms with Gasteiger partial charge in [-0.25, -0.2) is 0 Å². The molecule has 1 heterocycles. The molecule has 2 aliphatic rings. The Bertz CT molecular complexity index is 746. The molecular weight excluding hydrogens is 388 g/mol. The molecule has 0 saturated carbocycles. The second kappa shape index (κ2) is 9.74. The van der Waals surface area contributed by atoms with E-state index in [2.05, 4.69) is 73.3 Å². The van der Waals surface area contributed by atoms with Crippen LogP contribution >= 0.6 is 33.3 Å².